The number of fused-ring (bicyclic) bond motifs is 1. The van der Waals surface area contributed by atoms with Gasteiger partial charge >= 0.3 is 0 Å². The summed E-state index contributed by atoms with van der Waals surface area (Å²) < 4.78 is 5.55. The number of aromatic nitrogens is 1. The highest BCUT2D eigenvalue weighted by Crippen LogP contribution is 2.30. The second-order valence-electron chi connectivity index (χ2n) is 10.0. The van der Waals surface area contributed by atoms with E-state index in [9.17, 15) is 9.59 Å². The van der Waals surface area contributed by atoms with Crippen LogP contribution in [0, 0.1) is 5.92 Å². The molecule has 0 saturated carbocycles. The monoisotopic (exact) mass is 524 g/mol. The van der Waals surface area contributed by atoms with Gasteiger partial charge in [-0.15, -0.1) is 12.4 Å². The molecule has 0 unspecified atom stereocenters. The Morgan fingerprint density at radius 2 is 1.76 bits per heavy atom. The summed E-state index contributed by atoms with van der Waals surface area (Å²) in [7, 11) is 1.58. The van der Waals surface area contributed by atoms with Gasteiger partial charge in [0.25, 0.3) is 5.91 Å². The maximum absolute atomic E-state index is 13.8. The Balaban J connectivity index is 0.00000320. The third-order valence-electron chi connectivity index (χ3n) is 7.65. The number of benzene rings is 2. The first-order valence-corrected chi connectivity index (χ1v) is 13.1. The van der Waals surface area contributed by atoms with Crippen molar-refractivity contribution in [2.24, 2.45) is 5.92 Å². The lowest BCUT2D eigenvalue weighted by Gasteiger charge is -2.37. The summed E-state index contributed by atoms with van der Waals surface area (Å²) in [5.41, 5.74) is 2.02. The number of amides is 2. The summed E-state index contributed by atoms with van der Waals surface area (Å²) in [5, 5.41) is 1.04. The number of nitrogens with one attached hydrogen (secondary N) is 1. The van der Waals surface area contributed by atoms with Crippen molar-refractivity contribution in [1.82, 2.24) is 14.8 Å². The van der Waals surface area contributed by atoms with Crippen molar-refractivity contribution in [1.29, 1.82) is 0 Å². The van der Waals surface area contributed by atoms with E-state index in [1.807, 2.05) is 59.6 Å². The number of halogens is 1. The van der Waals surface area contributed by atoms with Crippen molar-refractivity contribution in [2.75, 3.05) is 51.3 Å². The number of hydrogen-bond donors (Lipinski definition) is 1. The molecule has 1 aromatic heterocycles. The van der Waals surface area contributed by atoms with Crippen molar-refractivity contribution in [2.45, 2.75) is 32.1 Å². The van der Waals surface area contributed by atoms with Crippen LogP contribution in [0.3, 0.4) is 0 Å². The number of para-hydroxylation sites is 2. The van der Waals surface area contributed by atoms with Crippen molar-refractivity contribution in [3.05, 3.63) is 60.3 Å². The van der Waals surface area contributed by atoms with Crippen molar-refractivity contribution in [3.8, 4) is 5.75 Å². The molecule has 0 atom stereocenters. The van der Waals surface area contributed by atoms with Gasteiger partial charge in [0.2, 0.25) is 5.91 Å². The zero-order chi connectivity index (χ0) is 24.9. The molecule has 0 radical (unpaired) electrons. The smallest absolute Gasteiger partial charge is 0.258 e. The van der Waals surface area contributed by atoms with E-state index < -0.39 is 0 Å². The van der Waals surface area contributed by atoms with Gasteiger partial charge < -0.3 is 19.5 Å². The third-order valence-corrected chi connectivity index (χ3v) is 7.65. The molecule has 2 saturated heterocycles. The molecule has 3 aromatic rings. The Morgan fingerprint density at radius 1 is 1.00 bits per heavy atom. The molecular formula is C29H37ClN4O3. The molecule has 0 bridgehead atoms. The summed E-state index contributed by atoms with van der Waals surface area (Å²) in [6.07, 6.45) is 7.86. The zero-order valence-corrected chi connectivity index (χ0v) is 22.3. The Hall–Kier alpha value is -3.03. The SMILES string of the molecule is COc1ccccc1N(CC(=O)N1CCC(CN2CCCCC2)CC1)C(=O)c1ccc2cc[nH]c2c1.Cl. The lowest BCUT2D eigenvalue weighted by molar-refractivity contribution is -0.131. The molecular weight excluding hydrogens is 488 g/mol. The normalized spacial score (nSPS) is 16.8. The number of hydrogen-bond acceptors (Lipinski definition) is 4. The number of H-pyrrole nitrogens is 1. The number of aromatic amines is 1. The van der Waals surface area contributed by atoms with Gasteiger partial charge in [-0.1, -0.05) is 24.6 Å². The molecule has 0 aliphatic carbocycles. The van der Waals surface area contributed by atoms with E-state index in [2.05, 4.69) is 9.88 Å². The topological polar surface area (TPSA) is 68.9 Å². The molecule has 0 spiro atoms. The molecule has 7 nitrogen and oxygen atoms in total. The van der Waals surface area contributed by atoms with E-state index in [4.69, 9.17) is 4.74 Å². The number of likely N-dealkylation sites (tertiary alicyclic amines) is 2. The number of carbonyl (C=O) groups excluding carboxylic acids is 2. The second-order valence-corrected chi connectivity index (χ2v) is 10.0. The third kappa shape index (κ3) is 6.28. The molecule has 8 heteroatoms. The number of anilines is 1. The number of methoxy groups -OCH3 is 1. The molecule has 5 rings (SSSR count). The highest BCUT2D eigenvalue weighted by atomic mass is 35.5. The fourth-order valence-corrected chi connectivity index (χ4v) is 5.56. The average molecular weight is 525 g/mol. The van der Waals surface area contributed by atoms with Crippen LogP contribution in [0.15, 0.2) is 54.7 Å². The maximum Gasteiger partial charge on any atom is 0.258 e. The Morgan fingerprint density at radius 3 is 2.51 bits per heavy atom. The quantitative estimate of drug-likeness (QED) is 0.474. The lowest BCUT2D eigenvalue weighted by Crippen LogP contribution is -2.47. The first kappa shape index (κ1) is 27.0. The van der Waals surface area contributed by atoms with Gasteiger partial charge in [0.05, 0.1) is 12.8 Å². The van der Waals surface area contributed by atoms with Gasteiger partial charge in [-0.2, -0.15) is 0 Å². The largest absolute Gasteiger partial charge is 0.495 e. The number of piperidine rings is 2. The minimum atomic E-state index is -0.218. The Bertz CT molecular complexity index is 1200. The van der Waals surface area contributed by atoms with Gasteiger partial charge in [0.1, 0.15) is 12.3 Å². The van der Waals surface area contributed by atoms with E-state index >= 15 is 0 Å². The number of carbonyl (C=O) groups is 2. The maximum atomic E-state index is 13.8. The van der Waals surface area contributed by atoms with E-state index in [0.29, 0.717) is 22.9 Å². The summed E-state index contributed by atoms with van der Waals surface area (Å²) in [6, 6.07) is 14.9. The standard InChI is InChI=1S/C29H36N4O3.ClH/c1-36-27-8-4-3-7-26(27)33(29(35)24-10-9-23-11-14-30-25(23)19-24)21-28(34)32-17-12-22(13-18-32)20-31-15-5-2-6-16-31;/h3-4,7-11,14,19,22,30H,2,5-6,12-13,15-18,20-21H2,1H3;1H. The summed E-state index contributed by atoms with van der Waals surface area (Å²) in [5.74, 6) is 0.974. The minimum Gasteiger partial charge on any atom is -0.495 e. The fourth-order valence-electron chi connectivity index (χ4n) is 5.56. The minimum absolute atomic E-state index is 0. The fraction of sp³-hybridized carbons (Fsp3) is 0.448. The molecule has 2 aromatic carbocycles. The van der Waals surface area contributed by atoms with Crippen LogP contribution >= 0.6 is 12.4 Å². The number of ether oxygens (including phenoxy) is 1. The van der Waals surface area contributed by atoms with Crippen LogP contribution in [0.4, 0.5) is 5.69 Å². The Kier molecular flexibility index (Phi) is 9.11. The van der Waals surface area contributed by atoms with Gasteiger partial charge in [-0.25, -0.2) is 0 Å². The number of nitrogens with zero attached hydrogens (tertiary/aromatic N) is 3. The number of rotatable bonds is 7. The van der Waals surface area contributed by atoms with Gasteiger partial charge in [-0.05, 0) is 80.4 Å². The van der Waals surface area contributed by atoms with Crippen LogP contribution in [0.25, 0.3) is 10.9 Å². The average Bonchev–Trinajstić information content (AvgIpc) is 3.40. The van der Waals surface area contributed by atoms with E-state index in [1.54, 1.807) is 12.0 Å². The molecule has 2 aliphatic rings. The molecule has 1 N–H and O–H groups in total. The molecule has 3 heterocycles. The Labute approximate surface area is 225 Å². The lowest BCUT2D eigenvalue weighted by atomic mass is 9.95. The molecule has 2 aliphatic heterocycles. The van der Waals surface area contributed by atoms with E-state index in [1.165, 1.54) is 32.4 Å². The van der Waals surface area contributed by atoms with Crippen LogP contribution in [-0.4, -0.2) is 73.0 Å². The first-order valence-electron chi connectivity index (χ1n) is 13.1. The van der Waals surface area contributed by atoms with E-state index in [-0.39, 0.29) is 30.8 Å². The molecule has 37 heavy (non-hydrogen) atoms. The van der Waals surface area contributed by atoms with E-state index in [0.717, 1.165) is 43.4 Å². The zero-order valence-electron chi connectivity index (χ0n) is 21.5. The van der Waals surface area contributed by atoms with Crippen LogP contribution in [0.1, 0.15) is 42.5 Å². The summed E-state index contributed by atoms with van der Waals surface area (Å²) in [4.78, 5) is 36.5. The second kappa shape index (κ2) is 12.5. The molecule has 2 amide bonds. The molecule has 198 valence electrons. The first-order chi connectivity index (χ1) is 17.6. The predicted molar refractivity (Wildman–Crippen MR) is 150 cm³/mol. The highest BCUT2D eigenvalue weighted by molar-refractivity contribution is 6.10. The predicted octanol–water partition coefficient (Wildman–Crippen LogP) is 4.97. The van der Waals surface area contributed by atoms with Crippen molar-refractivity contribution < 1.29 is 14.3 Å². The van der Waals surface area contributed by atoms with Crippen LogP contribution in [0.5, 0.6) is 5.75 Å². The van der Waals surface area contributed by atoms with Crippen molar-refractivity contribution in [3.63, 3.8) is 0 Å². The highest BCUT2D eigenvalue weighted by Gasteiger charge is 2.29. The van der Waals surface area contributed by atoms with Gasteiger partial charge in [0, 0.05) is 36.9 Å². The summed E-state index contributed by atoms with van der Waals surface area (Å²) >= 11 is 0. The van der Waals surface area contributed by atoms with Gasteiger partial charge in [-0.3, -0.25) is 14.5 Å². The molecule has 2 fully saturated rings. The van der Waals surface area contributed by atoms with Crippen LogP contribution < -0.4 is 9.64 Å². The van der Waals surface area contributed by atoms with Crippen LogP contribution in [0.2, 0.25) is 0 Å². The van der Waals surface area contributed by atoms with Gasteiger partial charge in [0.15, 0.2) is 0 Å². The van der Waals surface area contributed by atoms with Crippen molar-refractivity contribution >= 4 is 40.8 Å². The van der Waals surface area contributed by atoms with Crippen LogP contribution in [-0.2, 0) is 4.79 Å². The summed E-state index contributed by atoms with van der Waals surface area (Å²) in [6.45, 7) is 5.06.